The fourth-order valence-electron chi connectivity index (χ4n) is 3.12. The molecule has 3 rings (SSSR count). The van der Waals surface area contributed by atoms with Crippen LogP contribution in [0.25, 0.3) is 0 Å². The van der Waals surface area contributed by atoms with E-state index in [4.69, 9.17) is 4.74 Å². The Morgan fingerprint density at radius 1 is 0.879 bits per heavy atom. The van der Waals surface area contributed by atoms with Crippen molar-refractivity contribution >= 4 is 5.97 Å². The average Bonchev–Trinajstić information content (AvgIpc) is 2.78. The molecule has 33 heavy (non-hydrogen) atoms. The number of benzene rings is 3. The van der Waals surface area contributed by atoms with Crippen LogP contribution in [0.1, 0.15) is 17.2 Å². The van der Waals surface area contributed by atoms with Gasteiger partial charge in [-0.1, -0.05) is 42.5 Å². The molecule has 0 aliphatic carbocycles. The number of ether oxygens (including phenoxy) is 2. The summed E-state index contributed by atoms with van der Waals surface area (Å²) in [6.07, 6.45) is -10.4. The number of para-hydroxylation sites is 1. The summed E-state index contributed by atoms with van der Waals surface area (Å²) in [4.78, 5) is 11.8. The molecule has 3 aromatic carbocycles. The van der Waals surface area contributed by atoms with E-state index in [2.05, 4.69) is 4.74 Å². The molecule has 9 heteroatoms. The lowest BCUT2D eigenvalue weighted by Gasteiger charge is -2.21. The number of hydrogen-bond donors (Lipinski definition) is 2. The van der Waals surface area contributed by atoms with Crippen molar-refractivity contribution in [3.05, 3.63) is 90.0 Å². The van der Waals surface area contributed by atoms with Gasteiger partial charge in [0.2, 0.25) is 0 Å². The third-order valence-corrected chi connectivity index (χ3v) is 4.76. The summed E-state index contributed by atoms with van der Waals surface area (Å²) in [5, 5.41) is 20.3. The van der Waals surface area contributed by atoms with Crippen molar-refractivity contribution in [2.75, 3.05) is 0 Å². The normalized spacial score (nSPS) is 13.4. The van der Waals surface area contributed by atoms with E-state index in [0.29, 0.717) is 17.1 Å². The first-order chi connectivity index (χ1) is 15.7. The van der Waals surface area contributed by atoms with Gasteiger partial charge in [-0.15, -0.1) is 0 Å². The Morgan fingerprint density at radius 2 is 1.48 bits per heavy atom. The van der Waals surface area contributed by atoms with Crippen LogP contribution in [0, 0.1) is 5.92 Å². The summed E-state index contributed by atoms with van der Waals surface area (Å²) in [6, 6.07) is 19.9. The quantitative estimate of drug-likeness (QED) is 0.377. The van der Waals surface area contributed by atoms with E-state index in [1.54, 1.807) is 36.4 Å². The number of aliphatic hydroxyl groups is 1. The van der Waals surface area contributed by atoms with E-state index in [1.165, 1.54) is 24.3 Å². The average molecular weight is 464 g/mol. The minimum absolute atomic E-state index is 0.216. The maximum Gasteiger partial charge on any atom is 0.461 e. The van der Waals surface area contributed by atoms with E-state index in [9.17, 15) is 32.6 Å². The summed E-state index contributed by atoms with van der Waals surface area (Å²) in [5.41, 5.74) is 0.521. The van der Waals surface area contributed by atoms with Gasteiger partial charge < -0.3 is 19.7 Å². The Balaban J connectivity index is 1.72. The highest BCUT2D eigenvalue weighted by molar-refractivity contribution is 5.71. The highest BCUT2D eigenvalue weighted by atomic mass is 19.3. The van der Waals surface area contributed by atoms with Gasteiger partial charge in [0.15, 0.2) is 0 Å². The van der Waals surface area contributed by atoms with E-state index >= 15 is 0 Å². The number of carboxylic acid groups (broad SMARTS) is 1. The van der Waals surface area contributed by atoms with E-state index in [1.807, 2.05) is 6.07 Å². The van der Waals surface area contributed by atoms with Crippen molar-refractivity contribution in [2.24, 2.45) is 5.92 Å². The highest BCUT2D eigenvalue weighted by Crippen LogP contribution is 2.31. The molecule has 0 fully saturated rings. The van der Waals surface area contributed by atoms with Crippen LogP contribution in [0.15, 0.2) is 78.9 Å². The van der Waals surface area contributed by atoms with E-state index in [-0.39, 0.29) is 12.0 Å². The molecular weight excluding hydrogens is 444 g/mol. The first-order valence-electron chi connectivity index (χ1n) is 9.83. The standard InChI is InChI=1S/C24H20F4O5/c25-23(26)24(27,28)33-19-8-4-5-15(13-19)14-20(22(30)31)21(29)16-9-11-18(12-10-16)32-17-6-2-1-3-7-17/h1-13,20-21,23,29H,14H2,(H,30,31). The van der Waals surface area contributed by atoms with Gasteiger partial charge in [0.05, 0.1) is 12.0 Å². The molecule has 0 aromatic heterocycles. The first-order valence-corrected chi connectivity index (χ1v) is 9.83. The van der Waals surface area contributed by atoms with Crippen LogP contribution in [0.2, 0.25) is 0 Å². The van der Waals surface area contributed by atoms with Crippen molar-refractivity contribution < 1.29 is 42.0 Å². The number of carboxylic acids is 1. The number of rotatable bonds is 10. The van der Waals surface area contributed by atoms with Gasteiger partial charge >= 0.3 is 18.5 Å². The minimum Gasteiger partial charge on any atom is -0.481 e. The van der Waals surface area contributed by atoms with E-state index < -0.39 is 36.3 Å². The smallest absolute Gasteiger partial charge is 0.461 e. The van der Waals surface area contributed by atoms with Crippen LogP contribution in [0.5, 0.6) is 17.2 Å². The van der Waals surface area contributed by atoms with Crippen LogP contribution in [0.3, 0.4) is 0 Å². The van der Waals surface area contributed by atoms with Crippen molar-refractivity contribution in [2.45, 2.75) is 25.1 Å². The van der Waals surface area contributed by atoms with Crippen molar-refractivity contribution in [1.82, 2.24) is 0 Å². The van der Waals surface area contributed by atoms with Gasteiger partial charge in [0.25, 0.3) is 0 Å². The Bertz CT molecular complexity index is 1060. The number of aliphatic carboxylic acids is 1. The number of halogens is 4. The zero-order valence-corrected chi connectivity index (χ0v) is 17.1. The fraction of sp³-hybridized carbons (Fsp3) is 0.208. The number of hydrogen-bond acceptors (Lipinski definition) is 4. The van der Waals surface area contributed by atoms with Crippen LogP contribution < -0.4 is 9.47 Å². The molecule has 0 saturated carbocycles. The summed E-state index contributed by atoms with van der Waals surface area (Å²) in [7, 11) is 0. The van der Waals surface area contributed by atoms with Gasteiger partial charge in [0, 0.05) is 0 Å². The lowest BCUT2D eigenvalue weighted by atomic mass is 9.90. The summed E-state index contributed by atoms with van der Waals surface area (Å²) in [6.45, 7) is 0. The Kier molecular flexibility index (Phi) is 7.55. The van der Waals surface area contributed by atoms with Crippen LogP contribution in [-0.4, -0.2) is 28.7 Å². The highest BCUT2D eigenvalue weighted by Gasteiger charge is 2.44. The maximum absolute atomic E-state index is 13.2. The Morgan fingerprint density at radius 3 is 2.09 bits per heavy atom. The third-order valence-electron chi connectivity index (χ3n) is 4.76. The second-order valence-corrected chi connectivity index (χ2v) is 7.19. The summed E-state index contributed by atoms with van der Waals surface area (Å²) in [5.74, 6) is -2.12. The lowest BCUT2D eigenvalue weighted by molar-refractivity contribution is -0.253. The third kappa shape index (κ3) is 6.45. The van der Waals surface area contributed by atoms with Crippen molar-refractivity contribution in [1.29, 1.82) is 0 Å². The molecule has 0 aliphatic rings. The number of alkyl halides is 4. The molecule has 3 aromatic rings. The summed E-state index contributed by atoms with van der Waals surface area (Å²) < 4.78 is 60.7. The SMILES string of the molecule is O=C(O)C(Cc1cccc(OC(F)(F)C(F)F)c1)C(O)c1ccc(Oc2ccccc2)cc1. The van der Waals surface area contributed by atoms with Gasteiger partial charge in [0.1, 0.15) is 17.2 Å². The molecule has 2 unspecified atom stereocenters. The molecule has 0 aliphatic heterocycles. The molecule has 0 spiro atoms. The molecule has 5 nitrogen and oxygen atoms in total. The van der Waals surface area contributed by atoms with Gasteiger partial charge in [-0.05, 0) is 53.9 Å². The number of aliphatic hydroxyl groups excluding tert-OH is 1. The van der Waals surface area contributed by atoms with Crippen LogP contribution in [0.4, 0.5) is 17.6 Å². The van der Waals surface area contributed by atoms with Gasteiger partial charge in [-0.3, -0.25) is 4.79 Å². The van der Waals surface area contributed by atoms with Crippen LogP contribution >= 0.6 is 0 Å². The molecule has 0 bridgehead atoms. The van der Waals surface area contributed by atoms with Gasteiger partial charge in [-0.25, -0.2) is 0 Å². The lowest BCUT2D eigenvalue weighted by Crippen LogP contribution is -2.33. The zero-order valence-electron chi connectivity index (χ0n) is 17.1. The van der Waals surface area contributed by atoms with E-state index in [0.717, 1.165) is 12.1 Å². The molecule has 174 valence electrons. The molecule has 0 heterocycles. The second kappa shape index (κ2) is 10.4. The molecule has 2 N–H and O–H groups in total. The topological polar surface area (TPSA) is 76.0 Å². The first kappa shape index (κ1) is 24.1. The maximum atomic E-state index is 13.2. The Hall–Kier alpha value is -3.59. The largest absolute Gasteiger partial charge is 0.481 e. The molecule has 0 amide bonds. The molecule has 0 radical (unpaired) electrons. The monoisotopic (exact) mass is 464 g/mol. The minimum atomic E-state index is -4.69. The Labute approximate surface area is 186 Å². The zero-order chi connectivity index (χ0) is 24.0. The molecule has 2 atom stereocenters. The second-order valence-electron chi connectivity index (χ2n) is 7.19. The predicted molar refractivity (Wildman–Crippen MR) is 111 cm³/mol. The van der Waals surface area contributed by atoms with Crippen molar-refractivity contribution in [3.63, 3.8) is 0 Å². The summed E-state index contributed by atoms with van der Waals surface area (Å²) >= 11 is 0. The molecular formula is C24H20F4O5. The van der Waals surface area contributed by atoms with Gasteiger partial charge in [-0.2, -0.15) is 17.6 Å². The predicted octanol–water partition coefficient (Wildman–Crippen LogP) is 5.69. The fourth-order valence-corrected chi connectivity index (χ4v) is 3.12. The number of carbonyl (C=O) groups is 1. The van der Waals surface area contributed by atoms with Crippen LogP contribution in [-0.2, 0) is 11.2 Å². The van der Waals surface area contributed by atoms with Crippen molar-refractivity contribution in [3.8, 4) is 17.2 Å². The molecule has 0 saturated heterocycles.